The molecule has 0 amide bonds. The lowest BCUT2D eigenvalue weighted by molar-refractivity contribution is 0.549. The van der Waals surface area contributed by atoms with Gasteiger partial charge in [-0.3, -0.25) is 19.9 Å². The number of rotatable bonds is 0. The van der Waals surface area contributed by atoms with Gasteiger partial charge in [-0.15, -0.1) is 28.6 Å². The van der Waals surface area contributed by atoms with E-state index < -0.39 is 0 Å². The van der Waals surface area contributed by atoms with E-state index in [1.54, 1.807) is 178 Å². The molecule has 0 aliphatic carbocycles. The van der Waals surface area contributed by atoms with E-state index in [2.05, 4.69) is 208 Å². The predicted octanol–water partition coefficient (Wildman–Crippen LogP) is 14.9. The first-order chi connectivity index (χ1) is 59.3. The van der Waals surface area contributed by atoms with Gasteiger partial charge in [0.15, 0.2) is 17.3 Å². The highest BCUT2D eigenvalue weighted by Gasteiger charge is 1.96. The summed E-state index contributed by atoms with van der Waals surface area (Å²) < 4.78 is 17.8. The molecule has 0 radical (unpaired) electrons. The summed E-state index contributed by atoms with van der Waals surface area (Å²) in [5, 5.41) is 4.08. The monoisotopic (exact) mass is 1620 g/mol. The molecule has 17 aromatic rings. The molecule has 0 aliphatic rings. The molecule has 15 aromatic heterocycles. The Balaban J connectivity index is 0.000000167. The van der Waals surface area contributed by atoms with E-state index in [0.717, 1.165) is 48.4 Å². The summed E-state index contributed by atoms with van der Waals surface area (Å²) in [6.45, 7) is 5.46. The van der Waals surface area contributed by atoms with Crippen LogP contribution in [0.15, 0.2) is 333 Å². The van der Waals surface area contributed by atoms with E-state index in [9.17, 15) is 0 Å². The van der Waals surface area contributed by atoms with Gasteiger partial charge in [0, 0.05) is 135 Å². The van der Waals surface area contributed by atoms with Crippen molar-refractivity contribution in [1.82, 2.24) is 98.2 Å². The number of thiophene rings is 2. The summed E-state index contributed by atoms with van der Waals surface area (Å²) in [5.41, 5.74) is 6.36. The molecule has 17 rings (SSSR count). The van der Waals surface area contributed by atoms with Crippen LogP contribution in [0.4, 0.5) is 0 Å². The minimum absolute atomic E-state index is 0.389. The maximum atomic E-state index is 5.02. The summed E-state index contributed by atoms with van der Waals surface area (Å²) in [6.07, 6.45) is 39.2. The first kappa shape index (κ1) is 88.3. The molecule has 15 heterocycles. The first-order valence-electron chi connectivity index (χ1n) is 35.5. The summed E-state index contributed by atoms with van der Waals surface area (Å²) >= 11 is 4.78. The highest BCUT2D eigenvalue weighted by atomic mass is 32.1. The van der Waals surface area contributed by atoms with Crippen LogP contribution in [-0.2, 0) is 14.1 Å². The largest absolute Gasteiger partial charge is 0.456 e. The number of furan rings is 2. The Labute approximate surface area is 708 Å². The molecule has 2 aromatic carbocycles. The van der Waals surface area contributed by atoms with Gasteiger partial charge < -0.3 is 18.0 Å². The summed E-state index contributed by atoms with van der Waals surface area (Å²) in [6, 6.07) is 52.2. The average molecular weight is 1620 g/mol. The second-order valence-electron chi connectivity index (χ2n) is 22.0. The van der Waals surface area contributed by atoms with Gasteiger partial charge in [-0.05, 0) is 229 Å². The first-order valence-corrected chi connectivity index (χ1v) is 38.1. The highest BCUT2D eigenvalue weighted by molar-refractivity contribution is 7.11. The zero-order chi connectivity index (χ0) is 83.9. The van der Waals surface area contributed by atoms with Crippen molar-refractivity contribution in [3.63, 3.8) is 0 Å². The van der Waals surface area contributed by atoms with E-state index in [4.69, 9.17) is 8.83 Å². The Bertz CT molecular complexity index is 5400. The normalized spacial score (nSPS) is 8.71. The molecular weight excluding hydrogens is 1550 g/mol. The minimum atomic E-state index is 0.389. The minimum Gasteiger partial charge on any atom is -0.456 e. The van der Waals surface area contributed by atoms with Gasteiger partial charge in [0.05, 0.1) is 45.2 Å². The Morgan fingerprint density at radius 2 is 0.733 bits per heavy atom. The maximum absolute atomic E-state index is 5.02. The van der Waals surface area contributed by atoms with Gasteiger partial charge in [-0.1, -0.05) is 90.0 Å². The third-order valence-electron chi connectivity index (χ3n) is 13.4. The van der Waals surface area contributed by atoms with Crippen molar-refractivity contribution >= 4 is 34.2 Å². The smallest absolute Gasteiger partial charge is 0.208 e. The standard InChI is InChI=1S/C14H10.C12H8N2.2C10H6N4.C10H6O2.C10H6S2.C8H4N6.C8H9N.C7H8N2.C6H5NS/c1-3-7-13(8-4-1)11-12-14-9-5-2-6-10-14;1(11-3-7-13-8-4-11)2-12-5-9-14-10-6-12;1-5-11-9(12-6-1)3-4-10-13-7-2-8-14-10;1(9-7-11-3-5-13-9)2-10-8-12-4-6-14-10;2*1-3-9(11-7-1)5-6-10-4-2-8-12-10;1(7-11-3-9-4-12-7)2-8-13-5-10-6-14-8;1-3-5-8-6-4-7-9(8)2;1-3-4-7-8-5-6-9(7)2;1-2-3-6-4-5-7-8-6/h1-10H;3-10H;1-2,5-8H;3-8H;2*1-4,7-8H;3-6H;4,6-7H,1-2H3;5-6H,1-2H3;4-5H,1H3. The lowest BCUT2D eigenvalue weighted by Gasteiger charge is -1.89. The second-order valence-corrected chi connectivity index (χ2v) is 24.7. The molecule has 0 aliphatic heterocycles. The highest BCUT2D eigenvalue weighted by Crippen LogP contribution is 2.10. The van der Waals surface area contributed by atoms with Crippen molar-refractivity contribution in [2.24, 2.45) is 14.1 Å². The van der Waals surface area contributed by atoms with Gasteiger partial charge in [-0.25, -0.2) is 64.8 Å². The fourth-order valence-corrected chi connectivity index (χ4v) is 9.63. The summed E-state index contributed by atoms with van der Waals surface area (Å²) in [4.78, 5) is 69.4. The van der Waals surface area contributed by atoms with E-state index in [0.29, 0.717) is 46.2 Å². The van der Waals surface area contributed by atoms with Crippen molar-refractivity contribution in [2.75, 3.05) is 0 Å². The Kier molecular flexibility index (Phi) is 41.3. The van der Waals surface area contributed by atoms with Gasteiger partial charge >= 0.3 is 0 Å². The zero-order valence-electron chi connectivity index (χ0n) is 65.1. The van der Waals surface area contributed by atoms with Crippen LogP contribution in [0.2, 0.25) is 0 Å². The molecule has 0 fully saturated rings. The number of benzene rings is 2. The van der Waals surface area contributed by atoms with Crippen LogP contribution < -0.4 is 0 Å². The molecule has 0 unspecified atom stereocenters. The molecule has 120 heavy (non-hydrogen) atoms. The molecule has 25 heteroatoms. The summed E-state index contributed by atoms with van der Waals surface area (Å²) in [5.74, 6) is 61.7. The topological polar surface area (TPSA) is 268 Å². The second kappa shape index (κ2) is 56.1. The van der Waals surface area contributed by atoms with Crippen molar-refractivity contribution in [2.45, 2.75) is 20.8 Å². The van der Waals surface area contributed by atoms with Crippen LogP contribution in [0, 0.1) is 118 Å². The molecule has 0 saturated carbocycles. The SMILES string of the molecule is C(#Cc1ccccc1)c1ccccc1.C(#Cc1ccco1)c1ccco1.C(#Cc1cccs1)c1cccs1.C(#Cc1ccncc1)c1ccncc1.C(#Cc1cnccn1)c1cnccn1.C(#Cc1ncccn1)c1ncccn1.C(#Cc1ncncn1)c1ncncn1.CC#Cc1cccn1C.CC#Cc1ccns1.CC#Cc1nccn1C. The van der Waals surface area contributed by atoms with E-state index in [1.165, 1.54) is 36.8 Å². The number of nitrogens with zero attached hydrogens (tertiary/aromatic N) is 20. The zero-order valence-corrected chi connectivity index (χ0v) is 67.5. The molecule has 0 N–H and O–H groups in total. The van der Waals surface area contributed by atoms with E-state index in [1.807, 2.05) is 188 Å². The average Bonchev–Trinajstić information content (AvgIpc) is 1.77. The van der Waals surface area contributed by atoms with Crippen LogP contribution in [0.5, 0.6) is 0 Å². The molecule has 0 spiro atoms. The molecule has 578 valence electrons. The van der Waals surface area contributed by atoms with Crippen LogP contribution in [0.25, 0.3) is 0 Å². The fraction of sp³-hybridized carbons (Fsp3) is 0.0526. The number of hydrogen-bond acceptors (Lipinski definition) is 23. The molecular formula is C95H68N20O2S3. The van der Waals surface area contributed by atoms with E-state index >= 15 is 0 Å². The van der Waals surface area contributed by atoms with Crippen molar-refractivity contribution in [3.05, 3.63) is 419 Å². The van der Waals surface area contributed by atoms with Crippen molar-refractivity contribution in [1.29, 1.82) is 0 Å². The fourth-order valence-electron chi connectivity index (χ4n) is 7.98. The Morgan fingerprint density at radius 3 is 1.09 bits per heavy atom. The van der Waals surface area contributed by atoms with Crippen LogP contribution >= 0.6 is 34.2 Å². The van der Waals surface area contributed by atoms with Gasteiger partial charge in [0.2, 0.25) is 23.3 Å². The lowest BCUT2D eigenvalue weighted by atomic mass is 10.2. The van der Waals surface area contributed by atoms with Crippen molar-refractivity contribution in [3.8, 4) is 118 Å². The molecule has 0 saturated heterocycles. The Morgan fingerprint density at radius 1 is 0.283 bits per heavy atom. The third-order valence-corrected chi connectivity index (χ3v) is 15.6. The van der Waals surface area contributed by atoms with Gasteiger partial charge in [-0.2, -0.15) is 4.37 Å². The van der Waals surface area contributed by atoms with E-state index in [-0.39, 0.29) is 0 Å². The molecule has 0 atom stereocenters. The number of aryl methyl sites for hydroxylation is 2. The lowest BCUT2D eigenvalue weighted by Crippen LogP contribution is -1.90. The van der Waals surface area contributed by atoms with Gasteiger partial charge in [0.1, 0.15) is 36.7 Å². The number of hydrogen-bond donors (Lipinski definition) is 0. The number of aromatic nitrogens is 20. The molecule has 22 nitrogen and oxygen atoms in total. The van der Waals surface area contributed by atoms with Crippen LogP contribution in [0.3, 0.4) is 0 Å². The third kappa shape index (κ3) is 38.3. The number of imidazole rings is 1. The van der Waals surface area contributed by atoms with Crippen LogP contribution in [-0.4, -0.2) is 98.2 Å². The summed E-state index contributed by atoms with van der Waals surface area (Å²) in [7, 11) is 3.91. The van der Waals surface area contributed by atoms with Crippen LogP contribution in [0.1, 0.15) is 115 Å². The quantitative estimate of drug-likeness (QED) is 0.128. The Hall–Kier alpha value is -17.2. The van der Waals surface area contributed by atoms with Crippen molar-refractivity contribution < 1.29 is 8.83 Å². The maximum Gasteiger partial charge on any atom is 0.208 e. The van der Waals surface area contributed by atoms with Gasteiger partial charge in [0.25, 0.3) is 0 Å². The molecule has 0 bridgehead atoms. The predicted molar refractivity (Wildman–Crippen MR) is 465 cm³/mol. The number of pyridine rings is 2.